The highest BCUT2D eigenvalue weighted by atomic mass is 15.1. The van der Waals surface area contributed by atoms with Crippen molar-refractivity contribution in [2.75, 3.05) is 20.6 Å². The molecule has 0 radical (unpaired) electrons. The molecule has 120 valence electrons. The zero-order chi connectivity index (χ0) is 16.0. The van der Waals surface area contributed by atoms with E-state index in [9.17, 15) is 0 Å². The monoisotopic (exact) mass is 290 g/mol. The summed E-state index contributed by atoms with van der Waals surface area (Å²) in [5.74, 6) is 0. The van der Waals surface area contributed by atoms with Gasteiger partial charge in [0.15, 0.2) is 0 Å². The van der Waals surface area contributed by atoms with Crippen LogP contribution in [0.15, 0.2) is 24.3 Å². The summed E-state index contributed by atoms with van der Waals surface area (Å²) in [5.41, 5.74) is 3.00. The Morgan fingerprint density at radius 3 is 2.14 bits per heavy atom. The first-order valence-electron chi connectivity index (χ1n) is 8.27. The van der Waals surface area contributed by atoms with Crippen LogP contribution in [0, 0.1) is 0 Å². The van der Waals surface area contributed by atoms with Gasteiger partial charge in [0, 0.05) is 18.6 Å². The van der Waals surface area contributed by atoms with Crippen molar-refractivity contribution < 1.29 is 0 Å². The van der Waals surface area contributed by atoms with Gasteiger partial charge in [-0.2, -0.15) is 0 Å². The summed E-state index contributed by atoms with van der Waals surface area (Å²) < 4.78 is 0. The van der Waals surface area contributed by atoms with Gasteiger partial charge in [0.1, 0.15) is 0 Å². The van der Waals surface area contributed by atoms with Gasteiger partial charge in [0.2, 0.25) is 0 Å². The van der Waals surface area contributed by atoms with Gasteiger partial charge in [-0.1, -0.05) is 58.4 Å². The number of nitrogens with one attached hydrogen (secondary N) is 1. The lowest BCUT2D eigenvalue weighted by atomic mass is 9.86. The topological polar surface area (TPSA) is 15.3 Å². The average Bonchev–Trinajstić information content (AvgIpc) is 2.44. The van der Waals surface area contributed by atoms with E-state index < -0.39 is 0 Å². The summed E-state index contributed by atoms with van der Waals surface area (Å²) in [7, 11) is 4.29. The van der Waals surface area contributed by atoms with Crippen LogP contribution in [-0.2, 0) is 5.41 Å². The molecule has 0 saturated carbocycles. The second-order valence-electron chi connectivity index (χ2n) is 7.29. The Labute approximate surface area is 131 Å². The normalized spacial score (nSPS) is 15.2. The molecule has 0 saturated heterocycles. The van der Waals surface area contributed by atoms with E-state index in [1.807, 2.05) is 0 Å². The smallest absolute Gasteiger partial charge is 0.0446 e. The molecule has 0 aliphatic heterocycles. The van der Waals surface area contributed by atoms with Crippen LogP contribution in [0.2, 0.25) is 0 Å². The minimum absolute atomic E-state index is 0.222. The van der Waals surface area contributed by atoms with Gasteiger partial charge in [-0.25, -0.2) is 0 Å². The second kappa shape index (κ2) is 7.95. The fourth-order valence-electron chi connectivity index (χ4n) is 2.68. The van der Waals surface area contributed by atoms with Crippen LogP contribution in [0.3, 0.4) is 0 Å². The molecule has 0 amide bonds. The molecule has 1 aromatic carbocycles. The number of hydrogen-bond acceptors (Lipinski definition) is 2. The highest BCUT2D eigenvalue weighted by molar-refractivity contribution is 5.29. The molecule has 0 bridgehead atoms. The third-order valence-corrected chi connectivity index (χ3v) is 4.46. The molecule has 0 aromatic heterocycles. The number of benzene rings is 1. The van der Waals surface area contributed by atoms with Crippen molar-refractivity contribution in [3.8, 4) is 0 Å². The van der Waals surface area contributed by atoms with Crippen molar-refractivity contribution >= 4 is 0 Å². The zero-order valence-electron chi connectivity index (χ0n) is 15.0. The fraction of sp³-hybridized carbons (Fsp3) is 0.684. The molecule has 2 atom stereocenters. The van der Waals surface area contributed by atoms with Gasteiger partial charge in [-0.15, -0.1) is 0 Å². The van der Waals surface area contributed by atoms with E-state index in [4.69, 9.17) is 0 Å². The molecule has 1 rings (SSSR count). The molecule has 2 unspecified atom stereocenters. The highest BCUT2D eigenvalue weighted by Gasteiger charge is 2.17. The molecule has 0 heterocycles. The molecule has 2 heteroatoms. The third kappa shape index (κ3) is 5.44. The van der Waals surface area contributed by atoms with Crippen LogP contribution in [0.5, 0.6) is 0 Å². The van der Waals surface area contributed by atoms with Crippen molar-refractivity contribution in [3.05, 3.63) is 35.4 Å². The van der Waals surface area contributed by atoms with Gasteiger partial charge < -0.3 is 10.2 Å². The van der Waals surface area contributed by atoms with E-state index in [-0.39, 0.29) is 5.41 Å². The van der Waals surface area contributed by atoms with Crippen LogP contribution in [-0.4, -0.2) is 31.6 Å². The predicted molar refractivity (Wildman–Crippen MR) is 93.9 cm³/mol. The summed E-state index contributed by atoms with van der Waals surface area (Å²) in [6.07, 6.45) is 2.51. The third-order valence-electron chi connectivity index (χ3n) is 4.46. The largest absolute Gasteiger partial charge is 0.312 e. The van der Waals surface area contributed by atoms with E-state index in [0.717, 1.165) is 6.54 Å². The fourth-order valence-corrected chi connectivity index (χ4v) is 2.68. The van der Waals surface area contributed by atoms with Crippen LogP contribution in [0.25, 0.3) is 0 Å². The molecule has 1 aromatic rings. The molecule has 0 spiro atoms. The molecule has 0 aliphatic rings. The lowest BCUT2D eigenvalue weighted by molar-refractivity contribution is 0.222. The lowest BCUT2D eigenvalue weighted by Gasteiger charge is -2.29. The Bertz CT molecular complexity index is 403. The molecular formula is C19H34N2. The molecule has 21 heavy (non-hydrogen) atoms. The summed E-state index contributed by atoms with van der Waals surface area (Å²) in [5, 5.41) is 3.46. The second-order valence-corrected chi connectivity index (χ2v) is 7.29. The van der Waals surface area contributed by atoms with Crippen molar-refractivity contribution in [1.82, 2.24) is 10.2 Å². The molecular weight excluding hydrogens is 256 g/mol. The Morgan fingerprint density at radius 1 is 1.14 bits per heavy atom. The Morgan fingerprint density at radius 2 is 1.71 bits per heavy atom. The maximum atomic E-state index is 3.46. The average molecular weight is 290 g/mol. The van der Waals surface area contributed by atoms with E-state index in [2.05, 4.69) is 83.2 Å². The van der Waals surface area contributed by atoms with E-state index in [1.54, 1.807) is 0 Å². The van der Waals surface area contributed by atoms with Crippen LogP contribution in [0.4, 0.5) is 0 Å². The highest BCUT2D eigenvalue weighted by Crippen LogP contribution is 2.24. The maximum absolute atomic E-state index is 3.46. The maximum Gasteiger partial charge on any atom is 0.0446 e. The van der Waals surface area contributed by atoms with E-state index >= 15 is 0 Å². The van der Waals surface area contributed by atoms with Crippen molar-refractivity contribution in [3.63, 3.8) is 0 Å². The summed E-state index contributed by atoms with van der Waals surface area (Å²) in [6.45, 7) is 12.4. The minimum atomic E-state index is 0.222. The lowest BCUT2D eigenvalue weighted by Crippen LogP contribution is -2.36. The molecule has 2 nitrogen and oxygen atoms in total. The molecule has 0 fully saturated rings. The van der Waals surface area contributed by atoms with Crippen molar-refractivity contribution in [2.24, 2.45) is 0 Å². The van der Waals surface area contributed by atoms with Crippen LogP contribution >= 0.6 is 0 Å². The minimum Gasteiger partial charge on any atom is -0.312 e. The van der Waals surface area contributed by atoms with Crippen molar-refractivity contribution in [1.29, 1.82) is 0 Å². The van der Waals surface area contributed by atoms with E-state index in [1.165, 1.54) is 24.0 Å². The SMILES string of the molecule is CCCC(C)N(C)CC(NC)c1ccc(C(C)(C)C)cc1. The standard InChI is InChI=1S/C19H34N2/c1-8-9-15(2)21(7)14-18(20-6)16-10-12-17(13-11-16)19(3,4)5/h10-13,15,18,20H,8-9,14H2,1-7H3. The first kappa shape index (κ1) is 18.2. The number of nitrogens with zero attached hydrogens (tertiary/aromatic N) is 1. The van der Waals surface area contributed by atoms with Gasteiger partial charge >= 0.3 is 0 Å². The van der Waals surface area contributed by atoms with Gasteiger partial charge in [0.25, 0.3) is 0 Å². The van der Waals surface area contributed by atoms with Crippen molar-refractivity contribution in [2.45, 2.75) is 65.0 Å². The Hall–Kier alpha value is -0.860. The first-order valence-corrected chi connectivity index (χ1v) is 8.27. The summed E-state index contributed by atoms with van der Waals surface area (Å²) in [6, 6.07) is 10.1. The first-order chi connectivity index (χ1) is 9.79. The zero-order valence-corrected chi connectivity index (χ0v) is 15.0. The summed E-state index contributed by atoms with van der Waals surface area (Å²) in [4.78, 5) is 2.46. The van der Waals surface area contributed by atoms with Gasteiger partial charge in [-0.3, -0.25) is 0 Å². The quantitative estimate of drug-likeness (QED) is 0.802. The summed E-state index contributed by atoms with van der Waals surface area (Å²) >= 11 is 0. The van der Waals surface area contributed by atoms with Crippen LogP contribution in [0.1, 0.15) is 64.6 Å². The number of likely N-dealkylation sites (N-methyl/N-ethyl adjacent to an activating group) is 2. The van der Waals surface area contributed by atoms with Crippen LogP contribution < -0.4 is 5.32 Å². The number of hydrogen-bond donors (Lipinski definition) is 1. The van der Waals surface area contributed by atoms with Gasteiger partial charge in [-0.05, 0) is 44.0 Å². The Balaban J connectivity index is 2.76. The van der Waals surface area contributed by atoms with Gasteiger partial charge in [0.05, 0.1) is 0 Å². The number of rotatable bonds is 7. The van der Waals surface area contributed by atoms with E-state index in [0.29, 0.717) is 12.1 Å². The Kier molecular flexibility index (Phi) is 6.89. The molecule has 0 aliphatic carbocycles. The predicted octanol–water partition coefficient (Wildman–Crippen LogP) is 4.37. The molecule has 1 N–H and O–H groups in total.